The fourth-order valence-corrected chi connectivity index (χ4v) is 1.86. The lowest BCUT2D eigenvalue weighted by molar-refractivity contribution is -0.146. The van der Waals surface area contributed by atoms with Crippen LogP contribution in [-0.4, -0.2) is 29.7 Å². The number of piperidine rings is 1. The molecular weight excluding hydrogens is 178 g/mol. The van der Waals surface area contributed by atoms with Crippen LogP contribution in [0.4, 0.5) is 0 Å². The molecule has 1 fully saturated rings. The lowest BCUT2D eigenvalue weighted by atomic mass is 9.75. The molecule has 0 saturated carbocycles. The van der Waals surface area contributed by atoms with Crippen molar-refractivity contribution in [2.24, 2.45) is 11.3 Å². The van der Waals surface area contributed by atoms with E-state index in [1.165, 1.54) is 6.92 Å². The molecule has 0 aromatic rings. The minimum absolute atomic E-state index is 0.128. The van der Waals surface area contributed by atoms with E-state index in [1.807, 2.05) is 0 Å². The standard InChI is InChI=1S/C11H19NO2/c1-8-5-6-12(7-11(8,3)4)10(14)9(2)13/h8H,5-7H2,1-4H3/t8-/m1/s1. The van der Waals surface area contributed by atoms with Gasteiger partial charge >= 0.3 is 0 Å². The smallest absolute Gasteiger partial charge is 0.289 e. The summed E-state index contributed by atoms with van der Waals surface area (Å²) in [6, 6.07) is 0. The number of hydrogen-bond acceptors (Lipinski definition) is 2. The van der Waals surface area contributed by atoms with Gasteiger partial charge in [-0.2, -0.15) is 0 Å². The van der Waals surface area contributed by atoms with Gasteiger partial charge in [0, 0.05) is 20.0 Å². The van der Waals surface area contributed by atoms with Crippen LogP contribution in [0.1, 0.15) is 34.1 Å². The number of Topliss-reactive ketones (excluding diaryl/α,β-unsaturated/α-hetero) is 1. The van der Waals surface area contributed by atoms with E-state index in [2.05, 4.69) is 20.8 Å². The van der Waals surface area contributed by atoms with Crippen LogP contribution in [0.25, 0.3) is 0 Å². The Morgan fingerprint density at radius 3 is 2.36 bits per heavy atom. The van der Waals surface area contributed by atoms with E-state index in [1.54, 1.807) is 4.90 Å². The summed E-state index contributed by atoms with van der Waals surface area (Å²) in [5.74, 6) is -0.0705. The van der Waals surface area contributed by atoms with Crippen LogP contribution in [0.2, 0.25) is 0 Å². The summed E-state index contributed by atoms with van der Waals surface area (Å²) in [6.45, 7) is 9.27. The van der Waals surface area contributed by atoms with Gasteiger partial charge in [0.1, 0.15) is 0 Å². The highest BCUT2D eigenvalue weighted by Gasteiger charge is 2.35. The zero-order valence-corrected chi connectivity index (χ0v) is 9.46. The van der Waals surface area contributed by atoms with E-state index < -0.39 is 0 Å². The first kappa shape index (κ1) is 11.2. The van der Waals surface area contributed by atoms with Crippen molar-refractivity contribution < 1.29 is 9.59 Å². The minimum atomic E-state index is -0.352. The summed E-state index contributed by atoms with van der Waals surface area (Å²) in [5.41, 5.74) is 0.128. The molecule has 3 heteroatoms. The number of amides is 1. The SMILES string of the molecule is CC(=O)C(=O)N1CC[C@@H](C)C(C)(C)C1. The summed E-state index contributed by atoms with van der Waals surface area (Å²) < 4.78 is 0. The van der Waals surface area contributed by atoms with Crippen molar-refractivity contribution >= 4 is 11.7 Å². The lowest BCUT2D eigenvalue weighted by Gasteiger charge is -2.42. The van der Waals surface area contributed by atoms with Gasteiger partial charge in [-0.05, 0) is 17.8 Å². The molecular formula is C11H19NO2. The van der Waals surface area contributed by atoms with Crippen molar-refractivity contribution in [2.75, 3.05) is 13.1 Å². The fraction of sp³-hybridized carbons (Fsp3) is 0.818. The Bertz CT molecular complexity index is 258. The van der Waals surface area contributed by atoms with Crippen molar-refractivity contribution in [1.29, 1.82) is 0 Å². The Kier molecular flexibility index (Phi) is 2.98. The number of carbonyl (C=O) groups is 2. The lowest BCUT2D eigenvalue weighted by Crippen LogP contribution is -2.49. The van der Waals surface area contributed by atoms with Crippen LogP contribution < -0.4 is 0 Å². The predicted molar refractivity (Wildman–Crippen MR) is 54.8 cm³/mol. The molecule has 0 bridgehead atoms. The Morgan fingerprint density at radius 1 is 1.36 bits per heavy atom. The molecule has 0 spiro atoms. The molecule has 14 heavy (non-hydrogen) atoms. The van der Waals surface area contributed by atoms with Crippen molar-refractivity contribution in [3.8, 4) is 0 Å². The van der Waals surface area contributed by atoms with Crippen LogP contribution in [0, 0.1) is 11.3 Å². The number of likely N-dealkylation sites (tertiary alicyclic amines) is 1. The van der Waals surface area contributed by atoms with Crippen LogP contribution >= 0.6 is 0 Å². The topological polar surface area (TPSA) is 37.4 Å². The quantitative estimate of drug-likeness (QED) is 0.597. The number of nitrogens with zero attached hydrogens (tertiary/aromatic N) is 1. The average Bonchev–Trinajstić information content (AvgIpc) is 2.08. The average molecular weight is 197 g/mol. The molecule has 0 aromatic heterocycles. The van der Waals surface area contributed by atoms with Gasteiger partial charge in [0.25, 0.3) is 5.91 Å². The largest absolute Gasteiger partial charge is 0.336 e. The summed E-state index contributed by atoms with van der Waals surface area (Å²) in [4.78, 5) is 24.1. The van der Waals surface area contributed by atoms with Crippen molar-refractivity contribution in [2.45, 2.75) is 34.1 Å². The van der Waals surface area contributed by atoms with Crippen LogP contribution in [0.5, 0.6) is 0 Å². The zero-order chi connectivity index (χ0) is 10.9. The van der Waals surface area contributed by atoms with Crippen molar-refractivity contribution in [3.05, 3.63) is 0 Å². The predicted octanol–water partition coefficient (Wildman–Crippen LogP) is 1.47. The van der Waals surface area contributed by atoms with Crippen LogP contribution in [0.3, 0.4) is 0 Å². The molecule has 1 aliphatic heterocycles. The van der Waals surface area contributed by atoms with Crippen molar-refractivity contribution in [1.82, 2.24) is 4.90 Å². The molecule has 0 radical (unpaired) electrons. The molecule has 3 nitrogen and oxygen atoms in total. The Hall–Kier alpha value is -0.860. The first-order valence-corrected chi connectivity index (χ1v) is 5.14. The molecule has 80 valence electrons. The van der Waals surface area contributed by atoms with Gasteiger partial charge in [0.15, 0.2) is 0 Å². The minimum Gasteiger partial charge on any atom is -0.336 e. The molecule has 1 rings (SSSR count). The highest BCUT2D eigenvalue weighted by molar-refractivity contribution is 6.35. The fourth-order valence-electron chi connectivity index (χ4n) is 1.86. The van der Waals surface area contributed by atoms with Gasteiger partial charge in [-0.3, -0.25) is 9.59 Å². The van der Waals surface area contributed by atoms with Gasteiger partial charge in [0.05, 0.1) is 0 Å². The Morgan fingerprint density at radius 2 is 1.93 bits per heavy atom. The van der Waals surface area contributed by atoms with Gasteiger partial charge < -0.3 is 4.90 Å². The second kappa shape index (κ2) is 3.71. The van der Waals surface area contributed by atoms with E-state index in [9.17, 15) is 9.59 Å². The van der Waals surface area contributed by atoms with Crippen LogP contribution in [-0.2, 0) is 9.59 Å². The third-order valence-corrected chi connectivity index (χ3v) is 3.35. The summed E-state index contributed by atoms with van der Waals surface area (Å²) in [7, 11) is 0. The Balaban J connectivity index is 2.69. The van der Waals surface area contributed by atoms with Gasteiger partial charge in [-0.15, -0.1) is 0 Å². The molecule has 0 aliphatic carbocycles. The first-order chi connectivity index (χ1) is 6.34. The molecule has 1 heterocycles. The van der Waals surface area contributed by atoms with E-state index in [0.717, 1.165) is 13.0 Å². The summed E-state index contributed by atoms with van der Waals surface area (Å²) in [6.07, 6.45) is 0.992. The van der Waals surface area contributed by atoms with E-state index in [-0.39, 0.29) is 17.1 Å². The molecule has 1 saturated heterocycles. The van der Waals surface area contributed by atoms with E-state index >= 15 is 0 Å². The van der Waals surface area contributed by atoms with Crippen LogP contribution in [0.15, 0.2) is 0 Å². The normalized spacial score (nSPS) is 26.0. The van der Waals surface area contributed by atoms with E-state index in [0.29, 0.717) is 12.5 Å². The molecule has 0 aromatic carbocycles. The summed E-state index contributed by atoms with van der Waals surface area (Å²) >= 11 is 0. The molecule has 1 atom stereocenters. The second-order valence-electron chi connectivity index (χ2n) is 4.96. The zero-order valence-electron chi connectivity index (χ0n) is 9.46. The molecule has 0 unspecified atom stereocenters. The van der Waals surface area contributed by atoms with Gasteiger partial charge in [-0.1, -0.05) is 20.8 Å². The molecule has 0 N–H and O–H groups in total. The highest BCUT2D eigenvalue weighted by Crippen LogP contribution is 2.34. The Labute approximate surface area is 85.5 Å². The third kappa shape index (κ3) is 2.14. The first-order valence-electron chi connectivity index (χ1n) is 5.14. The highest BCUT2D eigenvalue weighted by atomic mass is 16.2. The maximum atomic E-state index is 11.5. The number of hydrogen-bond donors (Lipinski definition) is 0. The monoisotopic (exact) mass is 197 g/mol. The second-order valence-corrected chi connectivity index (χ2v) is 4.96. The van der Waals surface area contributed by atoms with Gasteiger partial charge in [-0.25, -0.2) is 0 Å². The van der Waals surface area contributed by atoms with Crippen molar-refractivity contribution in [3.63, 3.8) is 0 Å². The number of ketones is 1. The maximum absolute atomic E-state index is 11.5. The molecule has 1 aliphatic rings. The summed E-state index contributed by atoms with van der Waals surface area (Å²) in [5, 5.41) is 0. The number of rotatable bonds is 1. The van der Waals surface area contributed by atoms with E-state index in [4.69, 9.17) is 0 Å². The van der Waals surface area contributed by atoms with Gasteiger partial charge in [0.2, 0.25) is 5.78 Å². The number of carbonyl (C=O) groups excluding carboxylic acids is 2. The maximum Gasteiger partial charge on any atom is 0.289 e. The molecule has 1 amide bonds. The third-order valence-electron chi connectivity index (χ3n) is 3.35.